The van der Waals surface area contributed by atoms with Crippen LogP contribution in [-0.4, -0.2) is 16.6 Å². The van der Waals surface area contributed by atoms with Gasteiger partial charge in [-0.2, -0.15) is 0 Å². The van der Waals surface area contributed by atoms with Crippen molar-refractivity contribution in [3.8, 4) is 0 Å². The first-order valence-corrected chi connectivity index (χ1v) is 8.23. The Morgan fingerprint density at radius 1 is 1.33 bits per heavy atom. The number of benzene rings is 1. The normalized spacial score (nSPS) is 17.1. The topological polar surface area (TPSA) is 42.0 Å². The molecule has 1 atom stereocenters. The van der Waals surface area contributed by atoms with Gasteiger partial charge in [0.25, 0.3) is 5.91 Å². The molecule has 1 amide bonds. The lowest BCUT2D eigenvalue weighted by Crippen LogP contribution is -2.30. The molecule has 0 saturated heterocycles. The summed E-state index contributed by atoms with van der Waals surface area (Å²) in [7, 11) is 0. The number of halogens is 2. The van der Waals surface area contributed by atoms with E-state index in [0.717, 1.165) is 17.7 Å². The molecule has 108 valence electrons. The highest BCUT2D eigenvalue weighted by atomic mass is 35.5. The van der Waals surface area contributed by atoms with Crippen LogP contribution in [0.3, 0.4) is 0 Å². The number of nitrogens with zero attached hydrogens (tertiary/aromatic N) is 1. The summed E-state index contributed by atoms with van der Waals surface area (Å²) in [5.74, 6) is 0.800. The summed E-state index contributed by atoms with van der Waals surface area (Å²) in [5, 5.41) is 3.53. The largest absolute Gasteiger partial charge is 0.345 e. The zero-order valence-electron chi connectivity index (χ0n) is 11.0. The van der Waals surface area contributed by atoms with E-state index in [0.29, 0.717) is 5.56 Å². The van der Waals surface area contributed by atoms with Gasteiger partial charge in [-0.3, -0.25) is 4.79 Å². The van der Waals surface area contributed by atoms with Crippen LogP contribution in [0.1, 0.15) is 28.4 Å². The van der Waals surface area contributed by atoms with E-state index in [2.05, 4.69) is 22.4 Å². The Morgan fingerprint density at radius 2 is 2.14 bits per heavy atom. The Morgan fingerprint density at radius 3 is 2.95 bits per heavy atom. The molecule has 0 aliphatic carbocycles. The van der Waals surface area contributed by atoms with Crippen LogP contribution in [0.2, 0.25) is 10.2 Å². The molecule has 3 nitrogen and oxygen atoms in total. The van der Waals surface area contributed by atoms with Gasteiger partial charge in [-0.05, 0) is 24.1 Å². The Kier molecular flexibility index (Phi) is 4.38. The lowest BCUT2D eigenvalue weighted by atomic mass is 10.0. The second-order valence-corrected chi connectivity index (χ2v) is 6.60. The second-order valence-electron chi connectivity index (χ2n) is 4.70. The van der Waals surface area contributed by atoms with Crippen molar-refractivity contribution < 1.29 is 4.79 Å². The van der Waals surface area contributed by atoms with E-state index in [4.69, 9.17) is 23.2 Å². The number of fused-ring (bicyclic) bond motifs is 1. The molecular formula is C15H12Cl2N2OS. The van der Waals surface area contributed by atoms with Crippen molar-refractivity contribution in [3.63, 3.8) is 0 Å². The third kappa shape index (κ3) is 3.18. The Labute approximate surface area is 137 Å². The Bertz CT molecular complexity index is 693. The fourth-order valence-electron chi connectivity index (χ4n) is 2.28. The predicted octanol–water partition coefficient (Wildman–Crippen LogP) is 4.36. The molecule has 0 bridgehead atoms. The van der Waals surface area contributed by atoms with E-state index in [-0.39, 0.29) is 22.1 Å². The van der Waals surface area contributed by atoms with Crippen LogP contribution in [0, 0.1) is 0 Å². The molecule has 0 spiro atoms. The maximum absolute atomic E-state index is 12.3. The molecular weight excluding hydrogens is 327 g/mol. The van der Waals surface area contributed by atoms with Gasteiger partial charge in [-0.1, -0.05) is 41.4 Å². The van der Waals surface area contributed by atoms with Crippen molar-refractivity contribution in [1.82, 2.24) is 10.3 Å². The van der Waals surface area contributed by atoms with E-state index in [9.17, 15) is 4.79 Å². The minimum absolute atomic E-state index is 0.0180. The average molecular weight is 339 g/mol. The van der Waals surface area contributed by atoms with E-state index in [1.165, 1.54) is 17.2 Å². The summed E-state index contributed by atoms with van der Waals surface area (Å²) in [6, 6.07) is 9.70. The van der Waals surface area contributed by atoms with Gasteiger partial charge in [0.1, 0.15) is 5.15 Å². The summed E-state index contributed by atoms with van der Waals surface area (Å²) < 4.78 is 0. The lowest BCUT2D eigenvalue weighted by molar-refractivity contribution is 0.0934. The number of thioether (sulfide) groups is 1. The number of pyridine rings is 1. The molecule has 2 aromatic rings. The van der Waals surface area contributed by atoms with Crippen LogP contribution >= 0.6 is 35.0 Å². The standard InChI is InChI=1S/C15H12Cl2N2OS/c16-11-7-9(8-18-14(11)17)15(20)19-12-5-6-21-13-4-2-1-3-10(12)13/h1-4,7-8,12H,5-6H2,(H,19,20). The smallest absolute Gasteiger partial charge is 0.253 e. The number of amides is 1. The first-order valence-electron chi connectivity index (χ1n) is 6.49. The molecule has 1 aromatic carbocycles. The fraction of sp³-hybridized carbons (Fsp3) is 0.200. The van der Waals surface area contributed by atoms with Gasteiger partial charge in [0.2, 0.25) is 0 Å². The predicted molar refractivity (Wildman–Crippen MR) is 86.2 cm³/mol. The molecule has 2 heterocycles. The third-order valence-corrected chi connectivity index (χ3v) is 5.13. The zero-order valence-corrected chi connectivity index (χ0v) is 13.3. The quantitative estimate of drug-likeness (QED) is 0.827. The molecule has 0 fully saturated rings. The van der Waals surface area contributed by atoms with Crippen molar-refractivity contribution in [2.24, 2.45) is 0 Å². The molecule has 21 heavy (non-hydrogen) atoms. The van der Waals surface area contributed by atoms with Crippen LogP contribution < -0.4 is 5.32 Å². The number of rotatable bonds is 2. The van der Waals surface area contributed by atoms with E-state index in [1.807, 2.05) is 23.9 Å². The highest BCUT2D eigenvalue weighted by Crippen LogP contribution is 2.36. The highest BCUT2D eigenvalue weighted by Gasteiger charge is 2.22. The minimum atomic E-state index is -0.187. The van der Waals surface area contributed by atoms with Gasteiger partial charge in [-0.25, -0.2) is 4.98 Å². The number of carbonyl (C=O) groups is 1. The maximum Gasteiger partial charge on any atom is 0.253 e. The first kappa shape index (κ1) is 14.7. The van der Waals surface area contributed by atoms with Crippen molar-refractivity contribution >= 4 is 40.9 Å². The molecule has 1 N–H and O–H groups in total. The molecule has 0 radical (unpaired) electrons. The Hall–Kier alpha value is -1.23. The van der Waals surface area contributed by atoms with Crippen LogP contribution in [0.4, 0.5) is 0 Å². The highest BCUT2D eigenvalue weighted by molar-refractivity contribution is 7.99. The summed E-state index contributed by atoms with van der Waals surface area (Å²) in [4.78, 5) is 17.5. The fourth-order valence-corrected chi connectivity index (χ4v) is 3.67. The zero-order chi connectivity index (χ0) is 14.8. The SMILES string of the molecule is O=C(NC1CCSc2ccccc21)c1cnc(Cl)c(Cl)c1. The Balaban J connectivity index is 1.81. The van der Waals surface area contributed by atoms with Crippen LogP contribution in [0.15, 0.2) is 41.4 Å². The molecule has 1 aromatic heterocycles. The average Bonchev–Trinajstić information content (AvgIpc) is 2.50. The van der Waals surface area contributed by atoms with Gasteiger partial charge in [0.05, 0.1) is 16.6 Å². The number of carbonyl (C=O) groups excluding carboxylic acids is 1. The number of nitrogens with one attached hydrogen (secondary N) is 1. The number of hydrogen-bond acceptors (Lipinski definition) is 3. The summed E-state index contributed by atoms with van der Waals surface area (Å²) >= 11 is 13.5. The molecule has 6 heteroatoms. The summed E-state index contributed by atoms with van der Waals surface area (Å²) in [5.41, 5.74) is 1.58. The molecule has 0 saturated carbocycles. The molecule has 1 aliphatic rings. The van der Waals surface area contributed by atoms with Gasteiger partial charge in [-0.15, -0.1) is 11.8 Å². The lowest BCUT2D eigenvalue weighted by Gasteiger charge is -2.25. The van der Waals surface area contributed by atoms with E-state index < -0.39 is 0 Å². The van der Waals surface area contributed by atoms with Crippen LogP contribution in [-0.2, 0) is 0 Å². The summed E-state index contributed by atoms with van der Waals surface area (Å²) in [6.07, 6.45) is 2.34. The van der Waals surface area contributed by atoms with E-state index in [1.54, 1.807) is 0 Å². The van der Waals surface area contributed by atoms with Crippen molar-refractivity contribution in [2.75, 3.05) is 5.75 Å². The number of aromatic nitrogens is 1. The van der Waals surface area contributed by atoms with Crippen molar-refractivity contribution in [1.29, 1.82) is 0 Å². The van der Waals surface area contributed by atoms with Crippen LogP contribution in [0.5, 0.6) is 0 Å². The van der Waals surface area contributed by atoms with Crippen LogP contribution in [0.25, 0.3) is 0 Å². The maximum atomic E-state index is 12.3. The molecule has 3 rings (SSSR count). The molecule has 1 unspecified atom stereocenters. The minimum Gasteiger partial charge on any atom is -0.345 e. The van der Waals surface area contributed by atoms with Gasteiger partial charge >= 0.3 is 0 Å². The van der Waals surface area contributed by atoms with Crippen molar-refractivity contribution in [3.05, 3.63) is 57.8 Å². The summed E-state index contributed by atoms with van der Waals surface area (Å²) in [6.45, 7) is 0. The molecule has 1 aliphatic heterocycles. The third-order valence-electron chi connectivity index (χ3n) is 3.32. The van der Waals surface area contributed by atoms with Gasteiger partial charge < -0.3 is 5.32 Å². The monoisotopic (exact) mass is 338 g/mol. The first-order chi connectivity index (χ1) is 10.1. The van der Waals surface area contributed by atoms with Gasteiger partial charge in [0, 0.05) is 16.8 Å². The second kappa shape index (κ2) is 6.26. The number of hydrogen-bond donors (Lipinski definition) is 1. The van der Waals surface area contributed by atoms with E-state index >= 15 is 0 Å². The van der Waals surface area contributed by atoms with Crippen molar-refractivity contribution in [2.45, 2.75) is 17.4 Å². The van der Waals surface area contributed by atoms with Gasteiger partial charge in [0.15, 0.2) is 0 Å².